The number of nitrogens with zero attached hydrogens (tertiary/aromatic N) is 3. The molecular weight excluding hydrogens is 266 g/mol. The SMILES string of the molecule is COCCN(C)S(=O)(=O)c1cnn(CCCl)c1. The van der Waals surface area contributed by atoms with Gasteiger partial charge in [0.15, 0.2) is 0 Å². The van der Waals surface area contributed by atoms with Crippen molar-refractivity contribution in [2.24, 2.45) is 0 Å². The lowest BCUT2D eigenvalue weighted by Crippen LogP contribution is -2.29. The molecule has 0 radical (unpaired) electrons. The van der Waals surface area contributed by atoms with Gasteiger partial charge in [0.1, 0.15) is 4.90 Å². The molecule has 0 aromatic carbocycles. The van der Waals surface area contributed by atoms with Crippen molar-refractivity contribution in [1.82, 2.24) is 14.1 Å². The third-order valence-corrected chi connectivity index (χ3v) is 4.22. The van der Waals surface area contributed by atoms with Gasteiger partial charge in [-0.25, -0.2) is 8.42 Å². The fourth-order valence-corrected chi connectivity index (χ4v) is 2.49. The molecule has 17 heavy (non-hydrogen) atoms. The smallest absolute Gasteiger partial charge is 0.246 e. The highest BCUT2D eigenvalue weighted by Crippen LogP contribution is 2.12. The Kier molecular flexibility index (Phi) is 5.38. The van der Waals surface area contributed by atoms with Crippen LogP contribution in [0.4, 0.5) is 0 Å². The fourth-order valence-electron chi connectivity index (χ4n) is 1.21. The van der Waals surface area contributed by atoms with Gasteiger partial charge in [-0.3, -0.25) is 4.68 Å². The summed E-state index contributed by atoms with van der Waals surface area (Å²) in [5, 5.41) is 3.93. The summed E-state index contributed by atoms with van der Waals surface area (Å²) in [6.45, 7) is 1.14. The maximum Gasteiger partial charge on any atom is 0.246 e. The van der Waals surface area contributed by atoms with E-state index in [2.05, 4.69) is 5.10 Å². The summed E-state index contributed by atoms with van der Waals surface area (Å²) in [5.41, 5.74) is 0. The van der Waals surface area contributed by atoms with Crippen molar-refractivity contribution < 1.29 is 13.2 Å². The summed E-state index contributed by atoms with van der Waals surface area (Å²) in [6, 6.07) is 0. The summed E-state index contributed by atoms with van der Waals surface area (Å²) in [5.74, 6) is 0.390. The van der Waals surface area contributed by atoms with E-state index < -0.39 is 10.0 Å². The standard InChI is InChI=1S/C9H16ClN3O3S/c1-12(5-6-16-2)17(14,15)9-7-11-13(8-9)4-3-10/h7-8H,3-6H2,1-2H3. The second-order valence-corrected chi connectivity index (χ2v) is 5.87. The van der Waals surface area contributed by atoms with Crippen molar-refractivity contribution in [2.45, 2.75) is 11.4 Å². The van der Waals surface area contributed by atoms with Crippen LogP contribution in [0.25, 0.3) is 0 Å². The van der Waals surface area contributed by atoms with Crippen molar-refractivity contribution in [3.05, 3.63) is 12.4 Å². The summed E-state index contributed by atoms with van der Waals surface area (Å²) in [7, 11) is -0.448. The van der Waals surface area contributed by atoms with Crippen LogP contribution in [0.3, 0.4) is 0 Å². The second kappa shape index (κ2) is 6.34. The highest BCUT2D eigenvalue weighted by Gasteiger charge is 2.22. The number of alkyl halides is 1. The van der Waals surface area contributed by atoms with E-state index in [0.29, 0.717) is 25.6 Å². The molecule has 0 spiro atoms. The molecule has 1 rings (SSSR count). The van der Waals surface area contributed by atoms with Crippen LogP contribution < -0.4 is 0 Å². The van der Waals surface area contributed by atoms with Gasteiger partial charge in [0, 0.05) is 32.8 Å². The molecule has 0 atom stereocenters. The number of sulfonamides is 1. The predicted molar refractivity (Wildman–Crippen MR) is 64.6 cm³/mol. The Bertz CT molecular complexity index is 446. The summed E-state index contributed by atoms with van der Waals surface area (Å²) in [4.78, 5) is 0.168. The fraction of sp³-hybridized carbons (Fsp3) is 0.667. The molecule has 0 aliphatic heterocycles. The minimum Gasteiger partial charge on any atom is -0.383 e. The van der Waals surface area contributed by atoms with E-state index in [0.717, 1.165) is 0 Å². The number of hydrogen-bond acceptors (Lipinski definition) is 4. The Morgan fingerprint density at radius 2 is 2.29 bits per heavy atom. The van der Waals surface area contributed by atoms with Gasteiger partial charge in [-0.2, -0.15) is 9.40 Å². The highest BCUT2D eigenvalue weighted by molar-refractivity contribution is 7.89. The highest BCUT2D eigenvalue weighted by atomic mass is 35.5. The van der Waals surface area contributed by atoms with Gasteiger partial charge < -0.3 is 4.74 Å². The molecular formula is C9H16ClN3O3S. The normalized spacial score (nSPS) is 12.2. The van der Waals surface area contributed by atoms with E-state index in [1.54, 1.807) is 0 Å². The van der Waals surface area contributed by atoms with E-state index in [4.69, 9.17) is 16.3 Å². The predicted octanol–water partition coefficient (Wildman–Crippen LogP) is 0.389. The van der Waals surface area contributed by atoms with Gasteiger partial charge in [0.05, 0.1) is 19.3 Å². The number of aromatic nitrogens is 2. The monoisotopic (exact) mass is 281 g/mol. The van der Waals surface area contributed by atoms with Crippen molar-refractivity contribution in [3.63, 3.8) is 0 Å². The first-order chi connectivity index (χ1) is 8.02. The maximum absolute atomic E-state index is 12.0. The zero-order valence-corrected chi connectivity index (χ0v) is 11.4. The Morgan fingerprint density at radius 3 is 2.88 bits per heavy atom. The molecule has 8 heteroatoms. The van der Waals surface area contributed by atoms with Crippen molar-refractivity contribution >= 4 is 21.6 Å². The average molecular weight is 282 g/mol. The molecule has 0 N–H and O–H groups in total. The van der Waals surface area contributed by atoms with E-state index >= 15 is 0 Å². The lowest BCUT2D eigenvalue weighted by Gasteiger charge is -2.14. The second-order valence-electron chi connectivity index (χ2n) is 3.45. The number of hydrogen-bond donors (Lipinski definition) is 0. The molecule has 1 heterocycles. The first-order valence-corrected chi connectivity index (χ1v) is 7.03. The number of aryl methyl sites for hydroxylation is 1. The molecule has 0 aliphatic rings. The Hall–Kier alpha value is -0.630. The van der Waals surface area contributed by atoms with Crippen molar-refractivity contribution in [2.75, 3.05) is 33.2 Å². The summed E-state index contributed by atoms with van der Waals surface area (Å²) >= 11 is 5.55. The molecule has 1 aromatic heterocycles. The molecule has 0 bridgehead atoms. The summed E-state index contributed by atoms with van der Waals surface area (Å²) in [6.07, 6.45) is 2.80. The van der Waals surface area contributed by atoms with Crippen LogP contribution in [0.5, 0.6) is 0 Å². The largest absolute Gasteiger partial charge is 0.383 e. The van der Waals surface area contributed by atoms with Crippen LogP contribution in [0.2, 0.25) is 0 Å². The van der Waals surface area contributed by atoms with E-state index in [-0.39, 0.29) is 4.90 Å². The first kappa shape index (κ1) is 14.4. The molecule has 0 amide bonds. The zero-order chi connectivity index (χ0) is 12.9. The van der Waals surface area contributed by atoms with Crippen LogP contribution in [0.1, 0.15) is 0 Å². The Morgan fingerprint density at radius 1 is 1.59 bits per heavy atom. The number of halogens is 1. The molecule has 6 nitrogen and oxygen atoms in total. The molecule has 0 unspecified atom stereocenters. The van der Waals surface area contributed by atoms with Gasteiger partial charge >= 0.3 is 0 Å². The van der Waals surface area contributed by atoms with E-state index in [9.17, 15) is 8.42 Å². The minimum absolute atomic E-state index is 0.168. The maximum atomic E-state index is 12.0. The van der Waals surface area contributed by atoms with Crippen LogP contribution >= 0.6 is 11.6 Å². The van der Waals surface area contributed by atoms with Crippen LogP contribution in [-0.4, -0.2) is 55.7 Å². The molecule has 1 aromatic rings. The van der Waals surface area contributed by atoms with Gasteiger partial charge in [0.25, 0.3) is 0 Å². The van der Waals surface area contributed by atoms with E-state index in [1.165, 1.54) is 35.5 Å². The number of ether oxygens (including phenoxy) is 1. The quantitative estimate of drug-likeness (QED) is 0.678. The lowest BCUT2D eigenvalue weighted by molar-refractivity contribution is 0.185. The van der Waals surface area contributed by atoms with Gasteiger partial charge in [-0.1, -0.05) is 0 Å². The molecule has 0 aliphatic carbocycles. The lowest BCUT2D eigenvalue weighted by atomic mass is 10.7. The van der Waals surface area contributed by atoms with E-state index in [1.807, 2.05) is 0 Å². The molecule has 0 saturated heterocycles. The van der Waals surface area contributed by atoms with Gasteiger partial charge in [-0.15, -0.1) is 11.6 Å². The van der Waals surface area contributed by atoms with Crippen molar-refractivity contribution in [3.8, 4) is 0 Å². The zero-order valence-electron chi connectivity index (χ0n) is 9.84. The van der Waals surface area contributed by atoms with Gasteiger partial charge in [-0.05, 0) is 0 Å². The van der Waals surface area contributed by atoms with Crippen LogP contribution in [-0.2, 0) is 21.3 Å². The molecule has 98 valence electrons. The van der Waals surface area contributed by atoms with Gasteiger partial charge in [0.2, 0.25) is 10.0 Å². The third kappa shape index (κ3) is 3.67. The van der Waals surface area contributed by atoms with Crippen LogP contribution in [0.15, 0.2) is 17.3 Å². The number of likely N-dealkylation sites (N-methyl/N-ethyl adjacent to an activating group) is 1. The minimum atomic E-state index is -3.48. The third-order valence-electron chi connectivity index (χ3n) is 2.24. The van der Waals surface area contributed by atoms with Crippen molar-refractivity contribution in [1.29, 1.82) is 0 Å². The Labute approximate surface area is 106 Å². The topological polar surface area (TPSA) is 64.4 Å². The Balaban J connectivity index is 2.81. The first-order valence-electron chi connectivity index (χ1n) is 5.06. The number of methoxy groups -OCH3 is 1. The van der Waals surface area contributed by atoms with Crippen LogP contribution in [0, 0.1) is 0 Å². The molecule has 0 saturated carbocycles. The average Bonchev–Trinajstić information content (AvgIpc) is 2.75. The number of rotatable bonds is 7. The molecule has 0 fully saturated rings. The summed E-state index contributed by atoms with van der Waals surface area (Å²) < 4.78 is 31.7.